The number of nitrogens with zero attached hydrogens (tertiary/aromatic N) is 4. The van der Waals surface area contributed by atoms with Gasteiger partial charge in [0.15, 0.2) is 14.9 Å². The van der Waals surface area contributed by atoms with Crippen LogP contribution in [-0.2, 0) is 26.6 Å². The summed E-state index contributed by atoms with van der Waals surface area (Å²) in [5, 5.41) is 14.2. The summed E-state index contributed by atoms with van der Waals surface area (Å²) in [5.74, 6) is 0.280. The molecule has 0 saturated carbocycles. The number of aromatic nitrogens is 2. The molecule has 1 aromatic carbocycles. The van der Waals surface area contributed by atoms with E-state index in [9.17, 15) is 18.5 Å². The highest BCUT2D eigenvalue weighted by atomic mass is 35.5. The van der Waals surface area contributed by atoms with Gasteiger partial charge >= 0.3 is 0 Å². The molecule has 3 rings (SSSR count). The van der Waals surface area contributed by atoms with Crippen LogP contribution < -0.4 is 4.74 Å². The van der Waals surface area contributed by atoms with Crippen molar-refractivity contribution in [3.8, 4) is 11.8 Å². The lowest BCUT2D eigenvalue weighted by molar-refractivity contribution is -0.133. The highest BCUT2D eigenvalue weighted by Gasteiger charge is 2.38. The normalized spacial score (nSPS) is 16.1. The van der Waals surface area contributed by atoms with Gasteiger partial charge in [0, 0.05) is 19.3 Å². The van der Waals surface area contributed by atoms with Crippen LogP contribution in [0, 0.1) is 18.3 Å². The van der Waals surface area contributed by atoms with Crippen LogP contribution in [0.15, 0.2) is 23.2 Å². The quantitative estimate of drug-likeness (QED) is 0.645. The Morgan fingerprint density at radius 3 is 2.48 bits per heavy atom. The first-order valence-corrected chi connectivity index (χ1v) is 12.1. The zero-order chi connectivity index (χ0) is 23.0. The number of carbonyl (C=O) groups is 1. The third-order valence-electron chi connectivity index (χ3n) is 5.63. The van der Waals surface area contributed by atoms with E-state index in [-0.39, 0.29) is 22.5 Å². The predicted octanol–water partition coefficient (Wildman–Crippen LogP) is 2.99. The Kier molecular flexibility index (Phi) is 6.56. The van der Waals surface area contributed by atoms with Crippen molar-refractivity contribution in [3.63, 3.8) is 0 Å². The van der Waals surface area contributed by atoms with Crippen molar-refractivity contribution in [2.24, 2.45) is 0 Å². The molecule has 0 unspecified atom stereocenters. The highest BCUT2D eigenvalue weighted by molar-refractivity contribution is 7.90. The number of ether oxygens (including phenoxy) is 1. The van der Waals surface area contributed by atoms with Crippen molar-refractivity contribution in [2.45, 2.75) is 36.8 Å². The number of nitriles is 1. The van der Waals surface area contributed by atoms with Gasteiger partial charge in [-0.05, 0) is 37.5 Å². The summed E-state index contributed by atoms with van der Waals surface area (Å²) in [5.41, 5.74) is 0.464. The first-order valence-electron chi connectivity index (χ1n) is 9.48. The number of amides is 1. The Morgan fingerprint density at radius 2 is 1.97 bits per heavy atom. The van der Waals surface area contributed by atoms with Crippen LogP contribution in [0.3, 0.4) is 0 Å². The van der Waals surface area contributed by atoms with Gasteiger partial charge in [-0.25, -0.2) is 8.42 Å². The van der Waals surface area contributed by atoms with Crippen molar-refractivity contribution >= 4 is 38.9 Å². The molecule has 2 aromatic rings. The Morgan fingerprint density at radius 1 is 1.32 bits per heavy atom. The van der Waals surface area contributed by atoms with Crippen LogP contribution in [0.2, 0.25) is 10.0 Å². The van der Waals surface area contributed by atoms with Gasteiger partial charge in [-0.15, -0.1) is 0 Å². The van der Waals surface area contributed by atoms with Crippen molar-refractivity contribution < 1.29 is 17.9 Å². The fraction of sp³-hybridized carbons (Fsp3) is 0.450. The molecule has 8 nitrogen and oxygen atoms in total. The minimum absolute atomic E-state index is 0.0223. The maximum Gasteiger partial charge on any atom is 0.244 e. The van der Waals surface area contributed by atoms with E-state index in [4.69, 9.17) is 27.9 Å². The molecule has 1 saturated heterocycles. The number of benzene rings is 1. The summed E-state index contributed by atoms with van der Waals surface area (Å²) < 4.78 is 30.2. The first kappa shape index (κ1) is 23.4. The molecular weight excluding hydrogens is 463 g/mol. The molecule has 0 spiro atoms. The minimum Gasteiger partial charge on any atom is -0.495 e. The number of hydrogen-bond acceptors (Lipinski definition) is 6. The summed E-state index contributed by atoms with van der Waals surface area (Å²) in [7, 11) is -2.08. The van der Waals surface area contributed by atoms with Gasteiger partial charge in [-0.1, -0.05) is 29.3 Å². The Bertz CT molecular complexity index is 1160. The summed E-state index contributed by atoms with van der Waals surface area (Å²) >= 11 is 12.2. The van der Waals surface area contributed by atoms with Gasteiger partial charge in [0.1, 0.15) is 17.3 Å². The van der Waals surface area contributed by atoms with Crippen molar-refractivity contribution in [1.82, 2.24) is 14.7 Å². The topological polar surface area (TPSA) is 105 Å². The molecule has 11 heteroatoms. The van der Waals surface area contributed by atoms with Crippen molar-refractivity contribution in [3.05, 3.63) is 39.5 Å². The van der Waals surface area contributed by atoms with E-state index >= 15 is 0 Å². The van der Waals surface area contributed by atoms with Gasteiger partial charge in [0.2, 0.25) is 5.91 Å². The monoisotopic (exact) mass is 484 g/mol. The minimum atomic E-state index is -3.60. The van der Waals surface area contributed by atoms with Gasteiger partial charge < -0.3 is 9.64 Å². The summed E-state index contributed by atoms with van der Waals surface area (Å²) in [6.07, 6.45) is 1.92. The van der Waals surface area contributed by atoms with E-state index in [2.05, 4.69) is 11.2 Å². The third-order valence-corrected chi connectivity index (χ3v) is 7.49. The Balaban J connectivity index is 1.75. The summed E-state index contributed by atoms with van der Waals surface area (Å²) in [4.78, 5) is 14.5. The van der Waals surface area contributed by atoms with Crippen LogP contribution in [0.5, 0.6) is 5.75 Å². The molecule has 31 heavy (non-hydrogen) atoms. The fourth-order valence-electron chi connectivity index (χ4n) is 3.68. The second-order valence-corrected chi connectivity index (χ2v) is 10.3. The molecule has 1 aliphatic heterocycles. The van der Waals surface area contributed by atoms with E-state index < -0.39 is 15.3 Å². The number of rotatable bonds is 5. The number of sulfone groups is 1. The Labute approximate surface area is 191 Å². The van der Waals surface area contributed by atoms with Crippen LogP contribution in [0.25, 0.3) is 0 Å². The zero-order valence-corrected chi connectivity index (χ0v) is 19.7. The van der Waals surface area contributed by atoms with Crippen LogP contribution in [-0.4, -0.2) is 55.5 Å². The Hall–Kier alpha value is -2.28. The third kappa shape index (κ3) is 4.52. The second-order valence-electron chi connectivity index (χ2n) is 7.56. The lowest BCUT2D eigenvalue weighted by Gasteiger charge is -2.37. The molecule has 1 aromatic heterocycles. The molecule has 0 N–H and O–H groups in total. The van der Waals surface area contributed by atoms with E-state index in [0.717, 1.165) is 11.8 Å². The highest BCUT2D eigenvalue weighted by Crippen LogP contribution is 2.38. The largest absolute Gasteiger partial charge is 0.495 e. The molecule has 0 bridgehead atoms. The maximum atomic E-state index is 12.8. The predicted molar refractivity (Wildman–Crippen MR) is 116 cm³/mol. The molecule has 0 aliphatic carbocycles. The lowest BCUT2D eigenvalue weighted by atomic mass is 9.74. The number of piperidine rings is 1. The zero-order valence-electron chi connectivity index (χ0n) is 17.4. The van der Waals surface area contributed by atoms with Crippen molar-refractivity contribution in [1.29, 1.82) is 5.26 Å². The van der Waals surface area contributed by atoms with Gasteiger partial charge in [0.25, 0.3) is 0 Å². The smallest absolute Gasteiger partial charge is 0.244 e. The number of halogens is 2. The maximum absolute atomic E-state index is 12.8. The van der Waals surface area contributed by atoms with E-state index in [1.807, 2.05) is 6.07 Å². The summed E-state index contributed by atoms with van der Waals surface area (Å²) in [6, 6.07) is 7.70. The average molecular weight is 485 g/mol. The average Bonchev–Trinajstić information content (AvgIpc) is 3.02. The van der Waals surface area contributed by atoms with Crippen LogP contribution >= 0.6 is 23.2 Å². The number of methoxy groups -OCH3 is 1. The molecule has 0 atom stereocenters. The van der Waals surface area contributed by atoms with E-state index in [1.54, 1.807) is 24.0 Å². The second kappa shape index (κ2) is 8.69. The number of carbonyl (C=O) groups excluding carboxylic acids is 1. The van der Waals surface area contributed by atoms with Gasteiger partial charge in [-0.2, -0.15) is 10.4 Å². The molecule has 1 fully saturated rings. The molecule has 1 amide bonds. The van der Waals surface area contributed by atoms with Crippen LogP contribution in [0.1, 0.15) is 24.1 Å². The molecule has 0 radical (unpaired) electrons. The van der Waals surface area contributed by atoms with Crippen molar-refractivity contribution in [2.75, 3.05) is 26.5 Å². The van der Waals surface area contributed by atoms with E-state index in [1.165, 1.54) is 11.8 Å². The standard InChI is InChI=1S/C20H22Cl2N4O4S/c1-13-18(22)19(31(3,28)29)24-26(13)11-17(27)25-8-6-20(12-23,7-9-25)14-4-5-15(21)16(10-14)30-2/h4-5,10H,6-9,11H2,1-3H3. The number of likely N-dealkylation sites (tertiary alicyclic amines) is 1. The van der Waals surface area contributed by atoms with Crippen LogP contribution in [0.4, 0.5) is 0 Å². The SMILES string of the molecule is COc1cc(C2(C#N)CCN(C(=O)Cn3nc(S(C)(=O)=O)c(Cl)c3C)CC2)ccc1Cl. The molecule has 1 aliphatic rings. The molecule has 166 valence electrons. The van der Waals surface area contributed by atoms with Gasteiger partial charge in [0.05, 0.1) is 29.3 Å². The lowest BCUT2D eigenvalue weighted by Crippen LogP contribution is -2.45. The van der Waals surface area contributed by atoms with Gasteiger partial charge in [-0.3, -0.25) is 9.48 Å². The first-order chi connectivity index (χ1) is 14.5. The number of hydrogen-bond donors (Lipinski definition) is 0. The summed E-state index contributed by atoms with van der Waals surface area (Å²) in [6.45, 7) is 2.24. The fourth-order valence-corrected chi connectivity index (χ4v) is 5.15. The molecule has 2 heterocycles. The molecular formula is C20H22Cl2N4O4S. The van der Waals surface area contributed by atoms with E-state index in [0.29, 0.717) is 42.4 Å².